The molecule has 18 heavy (non-hydrogen) atoms. The molecule has 98 valence electrons. The number of amides is 1. The Hall–Kier alpha value is -1.69. The van der Waals surface area contributed by atoms with Crippen LogP contribution < -0.4 is 11.0 Å². The van der Waals surface area contributed by atoms with Gasteiger partial charge in [-0.15, -0.1) is 0 Å². The Kier molecular flexibility index (Phi) is 4.09. The number of rotatable bonds is 3. The van der Waals surface area contributed by atoms with Crippen LogP contribution >= 0.6 is 0 Å². The molecule has 0 spiro atoms. The first kappa shape index (κ1) is 12.8. The third-order valence-electron chi connectivity index (χ3n) is 3.16. The van der Waals surface area contributed by atoms with Gasteiger partial charge >= 0.3 is 5.69 Å². The number of carbonyl (C=O) groups excluding carboxylic acids is 1. The highest BCUT2D eigenvalue weighted by atomic mass is 16.3. The predicted octanol–water partition coefficient (Wildman–Crippen LogP) is -0.337. The van der Waals surface area contributed by atoms with Crippen LogP contribution in [0.3, 0.4) is 0 Å². The highest BCUT2D eigenvalue weighted by Gasteiger charge is 2.20. The maximum absolute atomic E-state index is 11.8. The summed E-state index contributed by atoms with van der Waals surface area (Å²) in [4.78, 5) is 26.7. The van der Waals surface area contributed by atoms with Crippen LogP contribution in [-0.2, 0) is 11.3 Å². The van der Waals surface area contributed by atoms with Gasteiger partial charge in [0.05, 0.1) is 6.10 Å². The number of nitrogens with one attached hydrogen (secondary N) is 1. The Morgan fingerprint density at radius 2 is 2.17 bits per heavy atom. The molecule has 0 aromatic carbocycles. The molecule has 0 atom stereocenters. The summed E-state index contributed by atoms with van der Waals surface area (Å²) in [7, 11) is 0. The normalized spacial score (nSPS) is 23.6. The molecular weight excluding hydrogens is 234 g/mol. The van der Waals surface area contributed by atoms with Gasteiger partial charge in [-0.2, -0.15) is 0 Å². The Labute approximate surface area is 105 Å². The molecule has 0 radical (unpaired) electrons. The topological polar surface area (TPSA) is 84.2 Å². The van der Waals surface area contributed by atoms with E-state index in [1.54, 1.807) is 12.3 Å². The molecule has 6 nitrogen and oxygen atoms in total. The predicted molar refractivity (Wildman–Crippen MR) is 64.9 cm³/mol. The second-order valence-corrected chi connectivity index (χ2v) is 4.60. The molecule has 1 aromatic rings. The van der Waals surface area contributed by atoms with Crippen molar-refractivity contribution in [3.05, 3.63) is 28.9 Å². The fourth-order valence-corrected chi connectivity index (χ4v) is 2.16. The van der Waals surface area contributed by atoms with E-state index in [-0.39, 0.29) is 24.6 Å². The zero-order chi connectivity index (χ0) is 13.0. The SMILES string of the molecule is O=C(Cn1cccnc1=O)NC1CCC(O)CC1. The van der Waals surface area contributed by atoms with E-state index in [9.17, 15) is 14.7 Å². The minimum absolute atomic E-state index is 0.00821. The molecule has 1 saturated carbocycles. The minimum Gasteiger partial charge on any atom is -0.393 e. The van der Waals surface area contributed by atoms with Crippen LogP contribution in [-0.4, -0.2) is 32.7 Å². The van der Waals surface area contributed by atoms with E-state index >= 15 is 0 Å². The zero-order valence-corrected chi connectivity index (χ0v) is 10.1. The van der Waals surface area contributed by atoms with Crippen LogP contribution in [0.15, 0.2) is 23.3 Å². The van der Waals surface area contributed by atoms with Crippen molar-refractivity contribution in [2.45, 2.75) is 44.4 Å². The number of hydrogen-bond donors (Lipinski definition) is 2. The molecule has 0 aliphatic heterocycles. The molecule has 0 bridgehead atoms. The van der Waals surface area contributed by atoms with Gasteiger partial charge in [0.15, 0.2) is 0 Å². The highest BCUT2D eigenvalue weighted by molar-refractivity contribution is 5.76. The van der Waals surface area contributed by atoms with Crippen molar-refractivity contribution in [1.82, 2.24) is 14.9 Å². The third-order valence-corrected chi connectivity index (χ3v) is 3.16. The lowest BCUT2D eigenvalue weighted by Gasteiger charge is -2.26. The summed E-state index contributed by atoms with van der Waals surface area (Å²) in [5.41, 5.74) is -0.424. The number of nitrogens with zero attached hydrogens (tertiary/aromatic N) is 2. The molecule has 1 aliphatic carbocycles. The Bertz CT molecular complexity index is 464. The second kappa shape index (κ2) is 5.77. The maximum Gasteiger partial charge on any atom is 0.347 e. The Morgan fingerprint density at radius 3 is 2.83 bits per heavy atom. The van der Waals surface area contributed by atoms with Crippen LogP contribution in [0.4, 0.5) is 0 Å². The average Bonchev–Trinajstić information content (AvgIpc) is 2.35. The molecule has 1 aromatic heterocycles. The van der Waals surface area contributed by atoms with Crippen molar-refractivity contribution >= 4 is 5.91 Å². The fraction of sp³-hybridized carbons (Fsp3) is 0.583. The summed E-state index contributed by atoms with van der Waals surface area (Å²) in [6, 6.07) is 1.72. The number of hydrogen-bond acceptors (Lipinski definition) is 4. The van der Waals surface area contributed by atoms with Crippen molar-refractivity contribution in [3.8, 4) is 0 Å². The first-order valence-electron chi connectivity index (χ1n) is 6.14. The van der Waals surface area contributed by atoms with Crippen molar-refractivity contribution in [2.24, 2.45) is 0 Å². The summed E-state index contributed by atoms with van der Waals surface area (Å²) >= 11 is 0. The van der Waals surface area contributed by atoms with Crippen LogP contribution in [0.2, 0.25) is 0 Å². The number of carbonyl (C=O) groups is 1. The summed E-state index contributed by atoms with van der Waals surface area (Å²) in [5, 5.41) is 12.2. The van der Waals surface area contributed by atoms with Gasteiger partial charge in [0.2, 0.25) is 5.91 Å². The van der Waals surface area contributed by atoms with Crippen molar-refractivity contribution in [2.75, 3.05) is 0 Å². The van der Waals surface area contributed by atoms with Crippen molar-refractivity contribution < 1.29 is 9.90 Å². The molecule has 0 unspecified atom stereocenters. The van der Waals surface area contributed by atoms with E-state index < -0.39 is 5.69 Å². The fourth-order valence-electron chi connectivity index (χ4n) is 2.16. The van der Waals surface area contributed by atoms with E-state index in [1.807, 2.05) is 0 Å². The quantitative estimate of drug-likeness (QED) is 0.770. The van der Waals surface area contributed by atoms with Crippen LogP contribution in [0, 0.1) is 0 Å². The largest absolute Gasteiger partial charge is 0.393 e. The van der Waals surface area contributed by atoms with Gasteiger partial charge in [0.25, 0.3) is 0 Å². The standard InChI is InChI=1S/C12H17N3O3/c16-10-4-2-9(3-5-10)14-11(17)8-15-7-1-6-13-12(15)18/h1,6-7,9-10,16H,2-5,8H2,(H,14,17). The summed E-state index contributed by atoms with van der Waals surface area (Å²) in [5.74, 6) is -0.188. The second-order valence-electron chi connectivity index (χ2n) is 4.60. The van der Waals surface area contributed by atoms with Crippen molar-refractivity contribution in [3.63, 3.8) is 0 Å². The highest BCUT2D eigenvalue weighted by Crippen LogP contribution is 2.18. The van der Waals surface area contributed by atoms with Gasteiger partial charge in [-0.05, 0) is 31.7 Å². The number of aromatic nitrogens is 2. The van der Waals surface area contributed by atoms with E-state index in [2.05, 4.69) is 10.3 Å². The van der Waals surface area contributed by atoms with E-state index in [4.69, 9.17) is 0 Å². The lowest BCUT2D eigenvalue weighted by molar-refractivity contribution is -0.122. The summed E-state index contributed by atoms with van der Waals surface area (Å²) in [6.45, 7) is -0.00821. The van der Waals surface area contributed by atoms with E-state index in [1.165, 1.54) is 10.8 Å². The Balaban J connectivity index is 1.86. The lowest BCUT2D eigenvalue weighted by Crippen LogP contribution is -2.41. The van der Waals surface area contributed by atoms with Gasteiger partial charge in [-0.1, -0.05) is 0 Å². The van der Waals surface area contributed by atoms with Crippen molar-refractivity contribution in [1.29, 1.82) is 0 Å². The van der Waals surface area contributed by atoms with Crippen LogP contribution in [0.25, 0.3) is 0 Å². The summed E-state index contributed by atoms with van der Waals surface area (Å²) < 4.78 is 1.27. The first-order valence-corrected chi connectivity index (χ1v) is 6.14. The van der Waals surface area contributed by atoms with Gasteiger partial charge in [-0.25, -0.2) is 9.78 Å². The third kappa shape index (κ3) is 3.40. The molecule has 1 fully saturated rings. The summed E-state index contributed by atoms with van der Waals surface area (Å²) in [6.07, 6.45) is 5.72. The molecule has 2 N–H and O–H groups in total. The molecule has 2 rings (SSSR count). The van der Waals surface area contributed by atoms with Crippen LogP contribution in [0.1, 0.15) is 25.7 Å². The number of aliphatic hydroxyl groups is 1. The molecule has 1 heterocycles. The van der Waals surface area contributed by atoms with Crippen LogP contribution in [0.5, 0.6) is 0 Å². The average molecular weight is 251 g/mol. The molecule has 1 amide bonds. The molecule has 6 heteroatoms. The van der Waals surface area contributed by atoms with Gasteiger partial charge in [0, 0.05) is 18.4 Å². The van der Waals surface area contributed by atoms with Gasteiger partial charge in [-0.3, -0.25) is 9.36 Å². The molecule has 0 saturated heterocycles. The number of aliphatic hydroxyl groups excluding tert-OH is 1. The maximum atomic E-state index is 11.8. The van der Waals surface area contributed by atoms with E-state index in [0.29, 0.717) is 0 Å². The Morgan fingerprint density at radius 1 is 1.44 bits per heavy atom. The van der Waals surface area contributed by atoms with E-state index in [0.717, 1.165) is 25.7 Å². The lowest BCUT2D eigenvalue weighted by atomic mass is 9.93. The first-order chi connectivity index (χ1) is 8.65. The monoisotopic (exact) mass is 251 g/mol. The van der Waals surface area contributed by atoms with Gasteiger partial charge in [0.1, 0.15) is 6.54 Å². The smallest absolute Gasteiger partial charge is 0.347 e. The zero-order valence-electron chi connectivity index (χ0n) is 10.1. The molecule has 1 aliphatic rings. The molecular formula is C12H17N3O3. The minimum atomic E-state index is -0.424. The van der Waals surface area contributed by atoms with Gasteiger partial charge < -0.3 is 10.4 Å².